The molecule has 0 unspecified atom stereocenters. The van der Waals surface area contributed by atoms with E-state index in [1.807, 2.05) is 32.9 Å². The van der Waals surface area contributed by atoms with Gasteiger partial charge in [0.25, 0.3) is 5.91 Å². The van der Waals surface area contributed by atoms with Crippen molar-refractivity contribution in [3.63, 3.8) is 0 Å². The predicted octanol–water partition coefficient (Wildman–Crippen LogP) is 4.14. The second-order valence-electron chi connectivity index (χ2n) is 6.61. The number of aromatic nitrogens is 1. The summed E-state index contributed by atoms with van der Waals surface area (Å²) in [5.41, 5.74) is 1.84. The standard InChI is InChI=1S/C20H20FN3O2S/c1-11(2)18(24-19(25)13-4-6-14(21)7-5-13)20(26)23-15-8-9-16-17(10-15)27-12(3)22-16/h4-11,18H,1-3H3,(H,23,26)(H,24,25)/t18-/m0/s1. The molecule has 0 fully saturated rings. The van der Waals surface area contributed by atoms with Crippen molar-refractivity contribution >= 4 is 39.1 Å². The SMILES string of the molecule is Cc1nc2ccc(NC(=O)[C@@H](NC(=O)c3ccc(F)cc3)C(C)C)cc2s1. The van der Waals surface area contributed by atoms with Gasteiger partial charge in [-0.3, -0.25) is 9.59 Å². The van der Waals surface area contributed by atoms with Gasteiger partial charge in [0.2, 0.25) is 5.91 Å². The summed E-state index contributed by atoms with van der Waals surface area (Å²) in [7, 11) is 0. The van der Waals surface area contributed by atoms with E-state index < -0.39 is 17.8 Å². The monoisotopic (exact) mass is 385 g/mol. The number of hydrogen-bond donors (Lipinski definition) is 2. The number of rotatable bonds is 5. The number of benzene rings is 2. The molecular weight excluding hydrogens is 365 g/mol. The predicted molar refractivity (Wildman–Crippen MR) is 105 cm³/mol. The first-order valence-electron chi connectivity index (χ1n) is 8.58. The maximum Gasteiger partial charge on any atom is 0.251 e. The summed E-state index contributed by atoms with van der Waals surface area (Å²) >= 11 is 1.55. The van der Waals surface area contributed by atoms with E-state index in [1.165, 1.54) is 24.3 Å². The van der Waals surface area contributed by atoms with Gasteiger partial charge in [0.1, 0.15) is 11.9 Å². The molecule has 0 saturated carbocycles. The fraction of sp³-hybridized carbons (Fsp3) is 0.250. The Hall–Kier alpha value is -2.80. The molecular formula is C20H20FN3O2S. The van der Waals surface area contributed by atoms with Crippen molar-refractivity contribution in [3.05, 3.63) is 58.9 Å². The average molecular weight is 385 g/mol. The lowest BCUT2D eigenvalue weighted by atomic mass is 10.0. The van der Waals surface area contributed by atoms with Gasteiger partial charge in [0.15, 0.2) is 0 Å². The minimum Gasteiger partial charge on any atom is -0.340 e. The first-order valence-corrected chi connectivity index (χ1v) is 9.39. The molecule has 0 aliphatic rings. The van der Waals surface area contributed by atoms with Crippen molar-refractivity contribution in [1.29, 1.82) is 0 Å². The number of nitrogens with zero attached hydrogens (tertiary/aromatic N) is 1. The number of hydrogen-bond acceptors (Lipinski definition) is 4. The van der Waals surface area contributed by atoms with Gasteiger partial charge in [0, 0.05) is 11.3 Å². The normalized spacial score (nSPS) is 12.2. The van der Waals surface area contributed by atoms with Crippen LogP contribution in [-0.2, 0) is 4.79 Å². The molecule has 0 radical (unpaired) electrons. The summed E-state index contributed by atoms with van der Waals surface area (Å²) in [4.78, 5) is 29.5. The van der Waals surface area contributed by atoms with Crippen LogP contribution in [0.1, 0.15) is 29.2 Å². The largest absolute Gasteiger partial charge is 0.340 e. The van der Waals surface area contributed by atoms with Gasteiger partial charge in [-0.05, 0) is 55.3 Å². The van der Waals surface area contributed by atoms with Crippen LogP contribution in [0.2, 0.25) is 0 Å². The van der Waals surface area contributed by atoms with E-state index in [0.717, 1.165) is 15.2 Å². The first kappa shape index (κ1) is 19.0. The van der Waals surface area contributed by atoms with E-state index in [9.17, 15) is 14.0 Å². The Bertz CT molecular complexity index is 983. The second kappa shape index (κ2) is 7.84. The number of aryl methyl sites for hydroxylation is 1. The number of thiazole rings is 1. The molecule has 3 rings (SSSR count). The van der Waals surface area contributed by atoms with Crippen LogP contribution in [0.4, 0.5) is 10.1 Å². The number of fused-ring (bicyclic) bond motifs is 1. The minimum absolute atomic E-state index is 0.122. The van der Waals surface area contributed by atoms with E-state index in [4.69, 9.17) is 0 Å². The van der Waals surface area contributed by atoms with Crippen LogP contribution in [0.25, 0.3) is 10.2 Å². The zero-order valence-corrected chi connectivity index (χ0v) is 16.1. The summed E-state index contributed by atoms with van der Waals surface area (Å²) < 4.78 is 14.0. The molecule has 1 atom stereocenters. The van der Waals surface area contributed by atoms with E-state index >= 15 is 0 Å². The molecule has 0 aliphatic carbocycles. The Balaban J connectivity index is 1.73. The Labute approximate surface area is 160 Å². The fourth-order valence-electron chi connectivity index (χ4n) is 2.70. The minimum atomic E-state index is -0.721. The lowest BCUT2D eigenvalue weighted by molar-refractivity contribution is -0.118. The smallest absolute Gasteiger partial charge is 0.251 e. The molecule has 7 heteroatoms. The number of carbonyl (C=O) groups excluding carboxylic acids is 2. The molecule has 0 spiro atoms. The van der Waals surface area contributed by atoms with Gasteiger partial charge in [-0.1, -0.05) is 13.8 Å². The molecule has 2 aromatic carbocycles. The summed E-state index contributed by atoms with van der Waals surface area (Å²) in [6, 6.07) is 10.0. The van der Waals surface area contributed by atoms with Crippen LogP contribution in [0.3, 0.4) is 0 Å². The van der Waals surface area contributed by atoms with E-state index in [2.05, 4.69) is 15.6 Å². The zero-order valence-electron chi connectivity index (χ0n) is 15.2. The van der Waals surface area contributed by atoms with Crippen LogP contribution in [0.15, 0.2) is 42.5 Å². The maximum atomic E-state index is 13.0. The van der Waals surface area contributed by atoms with E-state index in [-0.39, 0.29) is 11.8 Å². The molecule has 1 heterocycles. The summed E-state index contributed by atoms with van der Waals surface area (Å²) in [6.07, 6.45) is 0. The Morgan fingerprint density at radius 1 is 1.11 bits per heavy atom. The number of nitrogens with one attached hydrogen (secondary N) is 2. The van der Waals surface area contributed by atoms with E-state index in [0.29, 0.717) is 11.3 Å². The van der Waals surface area contributed by atoms with Gasteiger partial charge in [-0.2, -0.15) is 0 Å². The second-order valence-corrected chi connectivity index (χ2v) is 7.84. The molecule has 140 valence electrons. The third-order valence-electron chi connectivity index (χ3n) is 4.11. The van der Waals surface area contributed by atoms with Crippen molar-refractivity contribution in [2.75, 3.05) is 5.32 Å². The highest BCUT2D eigenvalue weighted by Gasteiger charge is 2.25. The average Bonchev–Trinajstić information content (AvgIpc) is 2.99. The molecule has 0 aliphatic heterocycles. The molecule has 0 bridgehead atoms. The van der Waals surface area contributed by atoms with Gasteiger partial charge in [0.05, 0.1) is 15.2 Å². The lowest BCUT2D eigenvalue weighted by Crippen LogP contribution is -2.47. The molecule has 2 amide bonds. The number of halogens is 1. The fourth-order valence-corrected chi connectivity index (χ4v) is 3.56. The molecule has 5 nitrogen and oxygen atoms in total. The Kier molecular flexibility index (Phi) is 5.51. The van der Waals surface area contributed by atoms with Crippen molar-refractivity contribution < 1.29 is 14.0 Å². The summed E-state index contributed by atoms with van der Waals surface area (Å²) in [5.74, 6) is -1.26. The zero-order chi connectivity index (χ0) is 19.6. The topological polar surface area (TPSA) is 71.1 Å². The highest BCUT2D eigenvalue weighted by atomic mass is 32.1. The molecule has 2 N–H and O–H groups in total. The van der Waals surface area contributed by atoms with Crippen LogP contribution in [0.5, 0.6) is 0 Å². The number of carbonyl (C=O) groups is 2. The van der Waals surface area contributed by atoms with Crippen LogP contribution in [-0.4, -0.2) is 22.8 Å². The van der Waals surface area contributed by atoms with Crippen LogP contribution >= 0.6 is 11.3 Å². The van der Waals surface area contributed by atoms with Gasteiger partial charge >= 0.3 is 0 Å². The molecule has 1 aromatic heterocycles. The third-order valence-corrected chi connectivity index (χ3v) is 5.04. The van der Waals surface area contributed by atoms with Crippen molar-refractivity contribution in [2.45, 2.75) is 26.8 Å². The van der Waals surface area contributed by atoms with Crippen molar-refractivity contribution in [3.8, 4) is 0 Å². The first-order chi connectivity index (χ1) is 12.8. The van der Waals surface area contributed by atoms with Crippen molar-refractivity contribution in [2.24, 2.45) is 5.92 Å². The third kappa shape index (κ3) is 4.49. The molecule has 27 heavy (non-hydrogen) atoms. The van der Waals surface area contributed by atoms with Gasteiger partial charge in [-0.25, -0.2) is 9.37 Å². The summed E-state index contributed by atoms with van der Waals surface area (Å²) in [6.45, 7) is 5.64. The molecule has 0 saturated heterocycles. The van der Waals surface area contributed by atoms with Gasteiger partial charge < -0.3 is 10.6 Å². The van der Waals surface area contributed by atoms with Crippen LogP contribution < -0.4 is 10.6 Å². The summed E-state index contributed by atoms with van der Waals surface area (Å²) in [5, 5.41) is 6.54. The number of anilines is 1. The molecule has 3 aromatic rings. The van der Waals surface area contributed by atoms with Gasteiger partial charge in [-0.15, -0.1) is 11.3 Å². The highest BCUT2D eigenvalue weighted by Crippen LogP contribution is 2.25. The highest BCUT2D eigenvalue weighted by molar-refractivity contribution is 7.18. The lowest BCUT2D eigenvalue weighted by Gasteiger charge is -2.21. The quantitative estimate of drug-likeness (QED) is 0.693. The van der Waals surface area contributed by atoms with E-state index in [1.54, 1.807) is 17.4 Å². The number of amides is 2. The Morgan fingerprint density at radius 2 is 1.81 bits per heavy atom. The van der Waals surface area contributed by atoms with Crippen molar-refractivity contribution in [1.82, 2.24) is 10.3 Å². The Morgan fingerprint density at radius 3 is 2.48 bits per heavy atom. The maximum absolute atomic E-state index is 13.0. The van der Waals surface area contributed by atoms with Crippen LogP contribution in [0, 0.1) is 18.7 Å².